The molecular weight excluding hydrogens is 296 g/mol. The van der Waals surface area contributed by atoms with Gasteiger partial charge in [-0.2, -0.15) is 0 Å². The molecule has 126 valence electrons. The minimum atomic E-state index is -1.16. The fourth-order valence-electron chi connectivity index (χ4n) is 3.00. The Kier molecular flexibility index (Phi) is 5.42. The van der Waals surface area contributed by atoms with Crippen LogP contribution < -0.4 is 0 Å². The molecular formula is C18H24O5. The molecule has 0 atom stereocenters. The summed E-state index contributed by atoms with van der Waals surface area (Å²) in [6.07, 6.45) is 1.56. The number of esters is 1. The van der Waals surface area contributed by atoms with E-state index in [-0.39, 0.29) is 12.6 Å². The summed E-state index contributed by atoms with van der Waals surface area (Å²) in [7, 11) is 0. The Morgan fingerprint density at radius 3 is 2.26 bits per heavy atom. The largest absolute Gasteiger partial charge is 0.479 e. The van der Waals surface area contributed by atoms with Crippen molar-refractivity contribution in [2.75, 3.05) is 6.61 Å². The maximum atomic E-state index is 12.4. The van der Waals surface area contributed by atoms with E-state index in [0.29, 0.717) is 32.3 Å². The third-order valence-electron chi connectivity index (χ3n) is 4.68. The van der Waals surface area contributed by atoms with Gasteiger partial charge in [0, 0.05) is 6.61 Å². The van der Waals surface area contributed by atoms with Gasteiger partial charge in [-0.25, -0.2) is 4.79 Å². The summed E-state index contributed by atoms with van der Waals surface area (Å²) >= 11 is 0. The second-order valence-electron chi connectivity index (χ2n) is 6.35. The standard InChI is InChI=1S/C18H24O5/c1-3-23-18(15(19)20)11-9-17(2,10-12-18)16(21)22-13-14-7-5-4-6-8-14/h4-8H,3,9-13H2,1-2H3,(H,19,20). The van der Waals surface area contributed by atoms with Gasteiger partial charge in [0.2, 0.25) is 0 Å². The first-order chi connectivity index (χ1) is 10.9. The van der Waals surface area contributed by atoms with Crippen molar-refractivity contribution < 1.29 is 24.2 Å². The molecule has 23 heavy (non-hydrogen) atoms. The fraction of sp³-hybridized carbons (Fsp3) is 0.556. The average Bonchev–Trinajstić information content (AvgIpc) is 2.56. The summed E-state index contributed by atoms with van der Waals surface area (Å²) in [6, 6.07) is 9.51. The van der Waals surface area contributed by atoms with E-state index in [2.05, 4.69) is 0 Å². The molecule has 1 N–H and O–H groups in total. The highest BCUT2D eigenvalue weighted by atomic mass is 16.5. The number of carbonyl (C=O) groups excluding carboxylic acids is 1. The Bertz CT molecular complexity index is 544. The zero-order valence-corrected chi connectivity index (χ0v) is 13.7. The van der Waals surface area contributed by atoms with Gasteiger partial charge in [-0.3, -0.25) is 4.79 Å². The highest BCUT2D eigenvalue weighted by molar-refractivity contribution is 5.80. The van der Waals surface area contributed by atoms with Gasteiger partial charge in [0.1, 0.15) is 6.61 Å². The number of aliphatic carboxylic acids is 1. The molecule has 0 aliphatic heterocycles. The zero-order valence-electron chi connectivity index (χ0n) is 13.7. The molecule has 0 unspecified atom stereocenters. The smallest absolute Gasteiger partial charge is 0.335 e. The lowest BCUT2D eigenvalue weighted by Crippen LogP contribution is -2.48. The van der Waals surface area contributed by atoms with Crippen LogP contribution in [-0.2, 0) is 25.7 Å². The van der Waals surface area contributed by atoms with Crippen LogP contribution in [-0.4, -0.2) is 29.3 Å². The van der Waals surface area contributed by atoms with Crippen LogP contribution in [0.3, 0.4) is 0 Å². The van der Waals surface area contributed by atoms with E-state index in [9.17, 15) is 14.7 Å². The van der Waals surface area contributed by atoms with Crippen molar-refractivity contribution in [1.29, 1.82) is 0 Å². The number of hydrogen-bond donors (Lipinski definition) is 1. The minimum Gasteiger partial charge on any atom is -0.479 e. The fourth-order valence-corrected chi connectivity index (χ4v) is 3.00. The lowest BCUT2D eigenvalue weighted by atomic mass is 9.69. The lowest BCUT2D eigenvalue weighted by molar-refractivity contribution is -0.180. The summed E-state index contributed by atoms with van der Waals surface area (Å²) in [5.74, 6) is -1.21. The van der Waals surface area contributed by atoms with Crippen molar-refractivity contribution in [3.8, 4) is 0 Å². The number of carbonyl (C=O) groups is 2. The lowest BCUT2D eigenvalue weighted by Gasteiger charge is -2.40. The SMILES string of the molecule is CCOC1(C(=O)O)CCC(C)(C(=O)OCc2ccccc2)CC1. The molecule has 1 aromatic rings. The van der Waals surface area contributed by atoms with Gasteiger partial charge in [0.25, 0.3) is 0 Å². The predicted octanol–water partition coefficient (Wildman–Crippen LogP) is 3.17. The van der Waals surface area contributed by atoms with Gasteiger partial charge in [0.05, 0.1) is 5.41 Å². The molecule has 5 nitrogen and oxygen atoms in total. The van der Waals surface area contributed by atoms with Crippen LogP contribution >= 0.6 is 0 Å². The van der Waals surface area contributed by atoms with Crippen LogP contribution in [0, 0.1) is 5.41 Å². The van der Waals surface area contributed by atoms with Gasteiger partial charge in [0.15, 0.2) is 5.60 Å². The number of hydrogen-bond acceptors (Lipinski definition) is 4. The first-order valence-electron chi connectivity index (χ1n) is 8.00. The van der Waals surface area contributed by atoms with Crippen molar-refractivity contribution in [1.82, 2.24) is 0 Å². The second-order valence-corrected chi connectivity index (χ2v) is 6.35. The van der Waals surface area contributed by atoms with Gasteiger partial charge in [-0.1, -0.05) is 30.3 Å². The molecule has 0 spiro atoms. The molecule has 0 saturated heterocycles. The van der Waals surface area contributed by atoms with Crippen molar-refractivity contribution in [3.05, 3.63) is 35.9 Å². The summed E-state index contributed by atoms with van der Waals surface area (Å²) in [4.78, 5) is 23.9. The van der Waals surface area contributed by atoms with E-state index in [1.54, 1.807) is 6.92 Å². The van der Waals surface area contributed by atoms with Crippen molar-refractivity contribution >= 4 is 11.9 Å². The van der Waals surface area contributed by atoms with Gasteiger partial charge < -0.3 is 14.6 Å². The van der Waals surface area contributed by atoms with Crippen LogP contribution in [0.2, 0.25) is 0 Å². The van der Waals surface area contributed by atoms with Gasteiger partial charge in [-0.05, 0) is 45.1 Å². The van der Waals surface area contributed by atoms with Crippen LogP contribution in [0.5, 0.6) is 0 Å². The molecule has 2 rings (SSSR count). The third-order valence-corrected chi connectivity index (χ3v) is 4.68. The molecule has 5 heteroatoms. The highest BCUT2D eigenvalue weighted by Crippen LogP contribution is 2.43. The summed E-state index contributed by atoms with van der Waals surface area (Å²) < 4.78 is 10.9. The molecule has 1 aromatic carbocycles. The molecule has 0 bridgehead atoms. The van der Waals surface area contributed by atoms with Gasteiger partial charge in [-0.15, -0.1) is 0 Å². The van der Waals surface area contributed by atoms with E-state index in [1.807, 2.05) is 37.3 Å². The number of carboxylic acids is 1. The molecule has 1 saturated carbocycles. The van der Waals surface area contributed by atoms with Crippen LogP contribution in [0.15, 0.2) is 30.3 Å². The Morgan fingerprint density at radius 1 is 1.13 bits per heavy atom. The summed E-state index contributed by atoms with van der Waals surface area (Å²) in [5, 5.41) is 9.44. The van der Waals surface area contributed by atoms with Crippen molar-refractivity contribution in [2.45, 2.75) is 51.7 Å². The van der Waals surface area contributed by atoms with E-state index in [1.165, 1.54) is 0 Å². The Balaban J connectivity index is 1.95. The number of ether oxygens (including phenoxy) is 2. The van der Waals surface area contributed by atoms with Crippen molar-refractivity contribution in [3.63, 3.8) is 0 Å². The van der Waals surface area contributed by atoms with E-state index in [4.69, 9.17) is 9.47 Å². The molecule has 0 radical (unpaired) electrons. The predicted molar refractivity (Wildman–Crippen MR) is 84.8 cm³/mol. The summed E-state index contributed by atoms with van der Waals surface area (Å²) in [6.45, 7) is 4.22. The van der Waals surface area contributed by atoms with Crippen LogP contribution in [0.25, 0.3) is 0 Å². The first-order valence-corrected chi connectivity index (χ1v) is 8.00. The highest BCUT2D eigenvalue weighted by Gasteiger charge is 2.49. The van der Waals surface area contributed by atoms with E-state index in [0.717, 1.165) is 5.56 Å². The summed E-state index contributed by atoms with van der Waals surface area (Å²) in [5.41, 5.74) is -0.867. The molecule has 0 amide bonds. The molecule has 1 fully saturated rings. The van der Waals surface area contributed by atoms with E-state index < -0.39 is 17.0 Å². The quantitative estimate of drug-likeness (QED) is 0.815. The zero-order chi connectivity index (χ0) is 16.9. The van der Waals surface area contributed by atoms with E-state index >= 15 is 0 Å². The molecule has 0 heterocycles. The maximum Gasteiger partial charge on any atom is 0.335 e. The third kappa shape index (κ3) is 3.91. The molecule has 0 aromatic heterocycles. The second kappa shape index (κ2) is 7.13. The molecule has 1 aliphatic carbocycles. The number of rotatable bonds is 6. The topological polar surface area (TPSA) is 72.8 Å². The van der Waals surface area contributed by atoms with Crippen LogP contribution in [0.1, 0.15) is 45.1 Å². The Morgan fingerprint density at radius 2 is 1.74 bits per heavy atom. The monoisotopic (exact) mass is 320 g/mol. The Hall–Kier alpha value is -1.88. The Labute approximate surface area is 136 Å². The van der Waals surface area contributed by atoms with Crippen molar-refractivity contribution in [2.24, 2.45) is 5.41 Å². The van der Waals surface area contributed by atoms with Crippen LogP contribution in [0.4, 0.5) is 0 Å². The number of carboxylic acid groups (broad SMARTS) is 1. The minimum absolute atomic E-state index is 0.241. The number of benzene rings is 1. The normalized spacial score (nSPS) is 27.4. The first kappa shape index (κ1) is 17.5. The maximum absolute atomic E-state index is 12.4. The average molecular weight is 320 g/mol. The molecule has 1 aliphatic rings. The van der Waals surface area contributed by atoms with Gasteiger partial charge >= 0.3 is 11.9 Å².